The van der Waals surface area contributed by atoms with Crippen molar-refractivity contribution in [3.05, 3.63) is 46.3 Å². The molecule has 3 aromatic rings. The summed E-state index contributed by atoms with van der Waals surface area (Å²) >= 11 is 1.73. The SMILES string of the molecule is Cc1cccn2nc(NC(C)Cc3ccsc3)nc12. The Morgan fingerprint density at radius 1 is 1.42 bits per heavy atom. The molecule has 3 aromatic heterocycles. The van der Waals surface area contributed by atoms with Crippen LogP contribution < -0.4 is 5.32 Å². The number of nitrogens with zero attached hydrogens (tertiary/aromatic N) is 3. The van der Waals surface area contributed by atoms with Crippen LogP contribution in [0, 0.1) is 6.92 Å². The molecule has 0 bridgehead atoms. The van der Waals surface area contributed by atoms with Gasteiger partial charge in [-0.15, -0.1) is 5.10 Å². The zero-order chi connectivity index (χ0) is 13.2. The summed E-state index contributed by atoms with van der Waals surface area (Å²) in [6.07, 6.45) is 2.90. The molecule has 3 rings (SSSR count). The number of thiophene rings is 1. The highest BCUT2D eigenvalue weighted by Gasteiger charge is 2.09. The first kappa shape index (κ1) is 12.2. The maximum absolute atomic E-state index is 4.52. The summed E-state index contributed by atoms with van der Waals surface area (Å²) in [4.78, 5) is 4.52. The molecular formula is C14H16N4S. The number of hydrogen-bond donors (Lipinski definition) is 1. The van der Waals surface area contributed by atoms with Crippen LogP contribution in [0.4, 0.5) is 5.95 Å². The summed E-state index contributed by atoms with van der Waals surface area (Å²) in [6.45, 7) is 4.19. The van der Waals surface area contributed by atoms with Crippen molar-refractivity contribution in [1.29, 1.82) is 0 Å². The Morgan fingerprint density at radius 2 is 2.32 bits per heavy atom. The van der Waals surface area contributed by atoms with Gasteiger partial charge in [0, 0.05) is 12.2 Å². The van der Waals surface area contributed by atoms with Crippen LogP contribution in [0.25, 0.3) is 5.65 Å². The lowest BCUT2D eigenvalue weighted by Crippen LogP contribution is -2.18. The molecule has 19 heavy (non-hydrogen) atoms. The Hall–Kier alpha value is -1.88. The minimum atomic E-state index is 0.312. The van der Waals surface area contributed by atoms with Crippen molar-refractivity contribution < 1.29 is 0 Å². The quantitative estimate of drug-likeness (QED) is 0.793. The van der Waals surface area contributed by atoms with Gasteiger partial charge in [0.1, 0.15) is 0 Å². The number of aryl methyl sites for hydroxylation is 1. The van der Waals surface area contributed by atoms with Gasteiger partial charge < -0.3 is 5.32 Å². The highest BCUT2D eigenvalue weighted by atomic mass is 32.1. The van der Waals surface area contributed by atoms with E-state index in [-0.39, 0.29) is 0 Å². The molecule has 0 radical (unpaired) electrons. The Labute approximate surface area is 116 Å². The number of rotatable bonds is 4. The molecule has 1 atom stereocenters. The van der Waals surface area contributed by atoms with Gasteiger partial charge in [-0.25, -0.2) is 4.52 Å². The van der Waals surface area contributed by atoms with E-state index >= 15 is 0 Å². The Bertz CT molecular complexity index is 672. The Morgan fingerprint density at radius 3 is 3.05 bits per heavy atom. The second kappa shape index (κ2) is 5.01. The minimum Gasteiger partial charge on any atom is -0.350 e. The zero-order valence-electron chi connectivity index (χ0n) is 11.0. The summed E-state index contributed by atoms with van der Waals surface area (Å²) in [5.41, 5.74) is 3.39. The number of pyridine rings is 1. The molecule has 1 N–H and O–H groups in total. The van der Waals surface area contributed by atoms with Crippen LogP contribution >= 0.6 is 11.3 Å². The van der Waals surface area contributed by atoms with Crippen LogP contribution in [0.1, 0.15) is 18.1 Å². The summed E-state index contributed by atoms with van der Waals surface area (Å²) in [7, 11) is 0. The molecule has 3 heterocycles. The highest BCUT2D eigenvalue weighted by molar-refractivity contribution is 7.07. The average Bonchev–Trinajstić information content (AvgIpc) is 2.98. The van der Waals surface area contributed by atoms with E-state index in [1.165, 1.54) is 5.56 Å². The normalized spacial score (nSPS) is 12.7. The predicted octanol–water partition coefficient (Wildman–Crippen LogP) is 3.14. The summed E-state index contributed by atoms with van der Waals surface area (Å²) < 4.78 is 1.81. The molecule has 0 aliphatic rings. The molecular weight excluding hydrogens is 256 g/mol. The molecule has 0 saturated carbocycles. The molecule has 0 aliphatic carbocycles. The smallest absolute Gasteiger partial charge is 0.243 e. The molecule has 0 aliphatic heterocycles. The molecule has 0 fully saturated rings. The van der Waals surface area contributed by atoms with E-state index in [9.17, 15) is 0 Å². The fraction of sp³-hybridized carbons (Fsp3) is 0.286. The van der Waals surface area contributed by atoms with E-state index < -0.39 is 0 Å². The average molecular weight is 272 g/mol. The standard InChI is InChI=1S/C14H16N4S/c1-10-4-3-6-18-13(10)16-14(17-18)15-11(2)8-12-5-7-19-9-12/h3-7,9,11H,8H2,1-2H3,(H,15,17). The first-order valence-corrected chi connectivity index (χ1v) is 7.26. The third-order valence-electron chi connectivity index (χ3n) is 3.05. The van der Waals surface area contributed by atoms with Crippen molar-refractivity contribution in [3.8, 4) is 0 Å². The Kier molecular flexibility index (Phi) is 3.21. The van der Waals surface area contributed by atoms with Gasteiger partial charge in [-0.1, -0.05) is 6.07 Å². The lowest BCUT2D eigenvalue weighted by atomic mass is 10.1. The maximum Gasteiger partial charge on any atom is 0.243 e. The van der Waals surface area contributed by atoms with E-state index in [1.54, 1.807) is 11.3 Å². The first-order valence-electron chi connectivity index (χ1n) is 6.32. The third kappa shape index (κ3) is 2.61. The molecule has 5 heteroatoms. The van der Waals surface area contributed by atoms with Gasteiger partial charge in [0.05, 0.1) is 0 Å². The molecule has 1 unspecified atom stereocenters. The van der Waals surface area contributed by atoms with Gasteiger partial charge in [0.2, 0.25) is 5.95 Å². The van der Waals surface area contributed by atoms with Gasteiger partial charge in [0.15, 0.2) is 5.65 Å². The molecule has 98 valence electrons. The lowest BCUT2D eigenvalue weighted by molar-refractivity contribution is 0.777. The van der Waals surface area contributed by atoms with Gasteiger partial charge in [-0.3, -0.25) is 0 Å². The number of aromatic nitrogens is 3. The van der Waals surface area contributed by atoms with Crippen LogP contribution in [0.2, 0.25) is 0 Å². The van der Waals surface area contributed by atoms with E-state index in [4.69, 9.17) is 0 Å². The fourth-order valence-electron chi connectivity index (χ4n) is 2.13. The Balaban J connectivity index is 1.76. The van der Waals surface area contributed by atoms with Crippen LogP contribution in [0.15, 0.2) is 35.2 Å². The lowest BCUT2D eigenvalue weighted by Gasteiger charge is -2.10. The van der Waals surface area contributed by atoms with Gasteiger partial charge >= 0.3 is 0 Å². The number of hydrogen-bond acceptors (Lipinski definition) is 4. The summed E-state index contributed by atoms with van der Waals surface area (Å²) in [5.74, 6) is 0.692. The van der Waals surface area contributed by atoms with Crippen molar-refractivity contribution in [2.45, 2.75) is 26.3 Å². The minimum absolute atomic E-state index is 0.312. The van der Waals surface area contributed by atoms with Crippen LogP contribution in [0.3, 0.4) is 0 Å². The largest absolute Gasteiger partial charge is 0.350 e. The van der Waals surface area contributed by atoms with E-state index in [1.807, 2.05) is 29.8 Å². The van der Waals surface area contributed by atoms with Crippen molar-refractivity contribution in [2.75, 3.05) is 5.32 Å². The van der Waals surface area contributed by atoms with E-state index in [0.29, 0.717) is 12.0 Å². The van der Waals surface area contributed by atoms with Crippen LogP contribution in [-0.4, -0.2) is 20.6 Å². The summed E-state index contributed by atoms with van der Waals surface area (Å²) in [5, 5.41) is 12.1. The molecule has 0 spiro atoms. The monoisotopic (exact) mass is 272 g/mol. The zero-order valence-corrected chi connectivity index (χ0v) is 11.8. The maximum atomic E-state index is 4.52. The highest BCUT2D eigenvalue weighted by Crippen LogP contribution is 2.13. The van der Waals surface area contributed by atoms with Crippen LogP contribution in [-0.2, 0) is 6.42 Å². The fourth-order valence-corrected chi connectivity index (χ4v) is 2.82. The second-order valence-corrected chi connectivity index (χ2v) is 5.56. The van der Waals surface area contributed by atoms with Gasteiger partial charge in [-0.05, 0) is 54.3 Å². The van der Waals surface area contributed by atoms with E-state index in [0.717, 1.165) is 17.6 Å². The summed E-state index contributed by atoms with van der Waals surface area (Å²) in [6, 6.07) is 6.50. The predicted molar refractivity (Wildman–Crippen MR) is 78.8 cm³/mol. The second-order valence-electron chi connectivity index (χ2n) is 4.78. The van der Waals surface area contributed by atoms with Crippen molar-refractivity contribution in [1.82, 2.24) is 14.6 Å². The first-order chi connectivity index (χ1) is 9.22. The number of anilines is 1. The molecule has 4 nitrogen and oxygen atoms in total. The van der Waals surface area contributed by atoms with E-state index in [2.05, 4.69) is 39.1 Å². The number of fused-ring (bicyclic) bond motifs is 1. The van der Waals surface area contributed by atoms with Crippen molar-refractivity contribution in [2.24, 2.45) is 0 Å². The number of nitrogens with one attached hydrogen (secondary N) is 1. The molecule has 0 amide bonds. The van der Waals surface area contributed by atoms with Gasteiger partial charge in [0.25, 0.3) is 0 Å². The molecule has 0 saturated heterocycles. The third-order valence-corrected chi connectivity index (χ3v) is 3.79. The van der Waals surface area contributed by atoms with Crippen molar-refractivity contribution >= 4 is 22.9 Å². The molecule has 0 aromatic carbocycles. The van der Waals surface area contributed by atoms with Gasteiger partial charge in [-0.2, -0.15) is 16.3 Å². The van der Waals surface area contributed by atoms with Crippen molar-refractivity contribution in [3.63, 3.8) is 0 Å². The van der Waals surface area contributed by atoms with Crippen LogP contribution in [0.5, 0.6) is 0 Å². The topological polar surface area (TPSA) is 42.2 Å².